The van der Waals surface area contributed by atoms with E-state index < -0.39 is 6.04 Å². The van der Waals surface area contributed by atoms with E-state index in [1.807, 2.05) is 21.8 Å². The van der Waals surface area contributed by atoms with Gasteiger partial charge in [0.25, 0.3) is 0 Å². The van der Waals surface area contributed by atoms with Crippen molar-refractivity contribution in [3.63, 3.8) is 0 Å². The van der Waals surface area contributed by atoms with Crippen molar-refractivity contribution in [3.05, 3.63) is 29.2 Å². The molecule has 4 atom stereocenters. The maximum Gasteiger partial charge on any atom is 0.239 e. The summed E-state index contributed by atoms with van der Waals surface area (Å²) in [6.45, 7) is 8.45. The van der Waals surface area contributed by atoms with Crippen molar-refractivity contribution in [2.45, 2.75) is 52.6 Å². The maximum absolute atomic E-state index is 13.0. The van der Waals surface area contributed by atoms with Crippen molar-refractivity contribution in [1.29, 1.82) is 0 Å². The van der Waals surface area contributed by atoms with E-state index in [9.17, 15) is 9.59 Å². The van der Waals surface area contributed by atoms with Gasteiger partial charge in [-0.2, -0.15) is 5.10 Å². The highest BCUT2D eigenvalue weighted by molar-refractivity contribution is 6.33. The van der Waals surface area contributed by atoms with E-state index in [0.717, 1.165) is 36.9 Å². The molecule has 0 aromatic carbocycles. The topological polar surface area (TPSA) is 106 Å². The van der Waals surface area contributed by atoms with Gasteiger partial charge in [-0.25, -0.2) is 4.98 Å². The van der Waals surface area contributed by atoms with Gasteiger partial charge in [0.05, 0.1) is 17.3 Å². The average Bonchev–Trinajstić information content (AvgIpc) is 3.47. The Hall–Kier alpha value is -2.45. The number of fused-ring (bicyclic) bond motifs is 2. The molecular weight excluding hydrogens is 440 g/mol. The Labute approximate surface area is 198 Å². The van der Waals surface area contributed by atoms with Crippen LogP contribution in [0.5, 0.6) is 0 Å². The van der Waals surface area contributed by atoms with Gasteiger partial charge in [0.15, 0.2) is 0 Å². The van der Waals surface area contributed by atoms with Crippen LogP contribution in [0, 0.1) is 23.2 Å². The molecular formula is C24H31ClN6O2. The predicted molar refractivity (Wildman–Crippen MR) is 127 cm³/mol. The Morgan fingerprint density at radius 1 is 1.21 bits per heavy atom. The number of nitrogens with one attached hydrogen (secondary N) is 1. The third kappa shape index (κ3) is 4.15. The molecule has 0 spiro atoms. The van der Waals surface area contributed by atoms with E-state index in [1.165, 1.54) is 5.69 Å². The summed E-state index contributed by atoms with van der Waals surface area (Å²) in [7, 11) is 0. The molecule has 2 fully saturated rings. The van der Waals surface area contributed by atoms with Crippen LogP contribution in [0.3, 0.4) is 0 Å². The summed E-state index contributed by atoms with van der Waals surface area (Å²) in [6.07, 6.45) is 5.94. The van der Waals surface area contributed by atoms with Gasteiger partial charge in [-0.15, -0.1) is 0 Å². The van der Waals surface area contributed by atoms with Gasteiger partial charge >= 0.3 is 0 Å². The lowest BCUT2D eigenvalue weighted by atomic mass is 9.89. The molecule has 2 aromatic rings. The van der Waals surface area contributed by atoms with E-state index in [1.54, 1.807) is 13.1 Å². The van der Waals surface area contributed by atoms with Crippen LogP contribution in [0.25, 0.3) is 11.1 Å². The smallest absolute Gasteiger partial charge is 0.239 e. The number of hydrogen-bond donors (Lipinski definition) is 2. The number of aromatic nitrogens is 3. The average molecular weight is 471 g/mol. The number of nitrogens with two attached hydrogens (primary N) is 1. The fourth-order valence-electron chi connectivity index (χ4n) is 5.80. The molecule has 9 heteroatoms. The summed E-state index contributed by atoms with van der Waals surface area (Å²) in [5.74, 6) is 1.12. The van der Waals surface area contributed by atoms with Gasteiger partial charge in [0, 0.05) is 48.6 Å². The van der Waals surface area contributed by atoms with Gasteiger partial charge in [-0.3, -0.25) is 14.3 Å². The number of anilines is 1. The van der Waals surface area contributed by atoms with Gasteiger partial charge in [0.1, 0.15) is 5.82 Å². The number of rotatable bonds is 4. The van der Waals surface area contributed by atoms with Crippen molar-refractivity contribution < 1.29 is 9.59 Å². The molecule has 33 heavy (non-hydrogen) atoms. The Balaban J connectivity index is 1.27. The SMILES string of the molecule is C[C@@H](N)C(=O)N1C[C@H]2CC(C(=O)Nc3cc(-c4cnn5c4CC(C)(C)C5)c(Cl)cn3)C[C@H]2C1. The largest absolute Gasteiger partial charge is 0.341 e. The first-order chi connectivity index (χ1) is 15.6. The molecule has 0 radical (unpaired) electrons. The zero-order valence-corrected chi connectivity index (χ0v) is 20.1. The maximum atomic E-state index is 13.0. The molecule has 176 valence electrons. The van der Waals surface area contributed by atoms with Gasteiger partial charge in [-0.05, 0) is 49.5 Å². The van der Waals surface area contributed by atoms with Crippen molar-refractivity contribution in [3.8, 4) is 11.1 Å². The zero-order chi connectivity index (χ0) is 23.5. The minimum atomic E-state index is -0.476. The van der Waals surface area contributed by atoms with Crippen molar-refractivity contribution in [2.75, 3.05) is 18.4 Å². The van der Waals surface area contributed by atoms with Crippen LogP contribution >= 0.6 is 11.6 Å². The number of nitrogens with zero attached hydrogens (tertiary/aromatic N) is 4. The molecule has 2 aliphatic heterocycles. The van der Waals surface area contributed by atoms with Crippen LogP contribution in [-0.4, -0.2) is 50.6 Å². The molecule has 2 amide bonds. The number of carbonyl (C=O) groups is 2. The van der Waals surface area contributed by atoms with E-state index >= 15 is 0 Å². The molecule has 1 unspecified atom stereocenters. The van der Waals surface area contributed by atoms with Crippen LogP contribution in [0.1, 0.15) is 39.3 Å². The third-order valence-electron chi connectivity index (χ3n) is 7.39. The van der Waals surface area contributed by atoms with E-state index in [-0.39, 0.29) is 23.1 Å². The fourth-order valence-corrected chi connectivity index (χ4v) is 6.00. The molecule has 5 rings (SSSR count). The first-order valence-electron chi connectivity index (χ1n) is 11.7. The molecule has 0 bridgehead atoms. The van der Waals surface area contributed by atoms with Crippen LogP contribution in [-0.2, 0) is 22.6 Å². The molecule has 8 nitrogen and oxygen atoms in total. The van der Waals surface area contributed by atoms with Gasteiger partial charge in [0.2, 0.25) is 11.8 Å². The first-order valence-corrected chi connectivity index (χ1v) is 12.0. The van der Waals surface area contributed by atoms with Crippen LogP contribution < -0.4 is 11.1 Å². The quantitative estimate of drug-likeness (QED) is 0.714. The van der Waals surface area contributed by atoms with E-state index in [4.69, 9.17) is 17.3 Å². The number of amides is 2. The van der Waals surface area contributed by atoms with Crippen LogP contribution in [0.15, 0.2) is 18.5 Å². The highest BCUT2D eigenvalue weighted by Crippen LogP contribution is 2.43. The van der Waals surface area contributed by atoms with Crippen LogP contribution in [0.4, 0.5) is 5.82 Å². The second kappa shape index (κ2) is 8.09. The lowest BCUT2D eigenvalue weighted by Gasteiger charge is -2.20. The summed E-state index contributed by atoms with van der Waals surface area (Å²) in [5, 5.41) is 8.09. The molecule has 1 aliphatic carbocycles. The predicted octanol–water partition coefficient (Wildman–Crippen LogP) is 2.95. The monoisotopic (exact) mass is 470 g/mol. The number of pyridine rings is 1. The Morgan fingerprint density at radius 2 is 1.91 bits per heavy atom. The highest BCUT2D eigenvalue weighted by atomic mass is 35.5. The zero-order valence-electron chi connectivity index (χ0n) is 19.3. The Bertz CT molecular complexity index is 1100. The molecule has 3 N–H and O–H groups in total. The van der Waals surface area contributed by atoms with Gasteiger partial charge < -0.3 is 16.0 Å². The summed E-state index contributed by atoms with van der Waals surface area (Å²) >= 11 is 6.50. The summed E-state index contributed by atoms with van der Waals surface area (Å²) in [5.41, 5.74) is 8.92. The lowest BCUT2D eigenvalue weighted by molar-refractivity contribution is -0.131. The number of hydrogen-bond acceptors (Lipinski definition) is 5. The fraction of sp³-hybridized carbons (Fsp3) is 0.583. The molecule has 4 heterocycles. The number of halogens is 1. The minimum absolute atomic E-state index is 0.00154. The summed E-state index contributed by atoms with van der Waals surface area (Å²) in [4.78, 5) is 31.4. The van der Waals surface area contributed by atoms with E-state index in [2.05, 4.69) is 29.2 Å². The first kappa shape index (κ1) is 22.3. The van der Waals surface area contributed by atoms with Crippen molar-refractivity contribution >= 4 is 29.2 Å². The summed E-state index contributed by atoms with van der Waals surface area (Å²) in [6, 6.07) is 1.37. The molecule has 1 saturated heterocycles. The normalized spacial score (nSPS) is 26.2. The third-order valence-corrected chi connectivity index (χ3v) is 7.69. The second-order valence-electron chi connectivity index (χ2n) is 10.8. The van der Waals surface area contributed by atoms with Gasteiger partial charge in [-0.1, -0.05) is 25.4 Å². The standard InChI is InChI=1S/C24H31ClN6O2/c1-13(26)23(33)30-10-15-4-14(5-16(15)11-30)22(32)29-21-6-17(19(25)9-27-21)18-8-28-31-12-24(2,3)7-20(18)31/h6,8-9,13-16H,4-5,7,10-12,26H2,1-3H3,(H,27,29,32)/t13-,14?,15-,16+/m1/s1. The van der Waals surface area contributed by atoms with Crippen molar-refractivity contribution in [1.82, 2.24) is 19.7 Å². The van der Waals surface area contributed by atoms with Crippen molar-refractivity contribution in [2.24, 2.45) is 28.9 Å². The molecule has 3 aliphatic rings. The number of likely N-dealkylation sites (tertiary alicyclic amines) is 1. The minimum Gasteiger partial charge on any atom is -0.341 e. The van der Waals surface area contributed by atoms with E-state index in [0.29, 0.717) is 35.8 Å². The highest BCUT2D eigenvalue weighted by Gasteiger charge is 2.44. The molecule has 1 saturated carbocycles. The Kier molecular flexibility index (Phi) is 5.48. The summed E-state index contributed by atoms with van der Waals surface area (Å²) < 4.78 is 2.04. The Morgan fingerprint density at radius 3 is 2.58 bits per heavy atom. The van der Waals surface area contributed by atoms with Crippen LogP contribution in [0.2, 0.25) is 5.02 Å². The lowest BCUT2D eigenvalue weighted by Crippen LogP contribution is -2.41. The number of carbonyl (C=O) groups excluding carboxylic acids is 2. The molecule has 2 aromatic heterocycles. The second-order valence-corrected chi connectivity index (χ2v) is 11.2.